The van der Waals surface area contributed by atoms with Crippen LogP contribution in [0, 0.1) is 0 Å². The Hall–Kier alpha value is -3.27. The fourth-order valence-electron chi connectivity index (χ4n) is 5.26. The number of amides is 1. The lowest BCUT2D eigenvalue weighted by molar-refractivity contribution is 0.216. The quantitative estimate of drug-likeness (QED) is 0.374. The molecule has 0 bridgehead atoms. The van der Waals surface area contributed by atoms with Gasteiger partial charge in [0, 0.05) is 41.8 Å². The first kappa shape index (κ1) is 26.3. The molecule has 1 saturated heterocycles. The number of rotatable bonds is 6. The lowest BCUT2D eigenvalue weighted by Gasteiger charge is -2.32. The van der Waals surface area contributed by atoms with Crippen LogP contribution in [-0.2, 0) is 10.0 Å². The highest BCUT2D eigenvalue weighted by molar-refractivity contribution is 7.89. The van der Waals surface area contributed by atoms with Crippen LogP contribution in [0.4, 0.5) is 4.79 Å². The Labute approximate surface area is 224 Å². The van der Waals surface area contributed by atoms with Gasteiger partial charge in [-0.05, 0) is 76.4 Å². The van der Waals surface area contributed by atoms with E-state index in [9.17, 15) is 13.2 Å². The monoisotopic (exact) mass is 533 g/mol. The molecule has 3 heterocycles. The summed E-state index contributed by atoms with van der Waals surface area (Å²) in [6.07, 6.45) is 5.52. The van der Waals surface area contributed by atoms with E-state index in [2.05, 4.69) is 26.0 Å². The molecule has 2 N–H and O–H groups in total. The highest BCUT2D eigenvalue weighted by atomic mass is 32.2. The molecule has 0 aliphatic carbocycles. The van der Waals surface area contributed by atoms with Crippen molar-refractivity contribution in [3.05, 3.63) is 72.6 Å². The summed E-state index contributed by atoms with van der Waals surface area (Å²) in [5.41, 5.74) is 2.29. The summed E-state index contributed by atoms with van der Waals surface area (Å²) >= 11 is 0. The van der Waals surface area contributed by atoms with Crippen LogP contribution in [0.1, 0.15) is 45.1 Å². The van der Waals surface area contributed by atoms with Gasteiger partial charge in [-0.15, -0.1) is 0 Å². The van der Waals surface area contributed by atoms with E-state index in [1.54, 1.807) is 29.0 Å². The van der Waals surface area contributed by atoms with Gasteiger partial charge in [0.1, 0.15) is 4.90 Å². The number of pyridine rings is 1. The topological polar surface area (TPSA) is 96.3 Å². The summed E-state index contributed by atoms with van der Waals surface area (Å²) in [5, 5.41) is 4.98. The van der Waals surface area contributed by atoms with Gasteiger partial charge in [-0.25, -0.2) is 17.9 Å². The van der Waals surface area contributed by atoms with Crippen molar-refractivity contribution >= 4 is 37.9 Å². The van der Waals surface area contributed by atoms with E-state index in [-0.39, 0.29) is 16.5 Å². The maximum atomic E-state index is 13.0. The van der Waals surface area contributed by atoms with Gasteiger partial charge >= 0.3 is 6.03 Å². The van der Waals surface area contributed by atoms with E-state index in [0.29, 0.717) is 24.5 Å². The summed E-state index contributed by atoms with van der Waals surface area (Å²) < 4.78 is 30.5. The normalized spacial score (nSPS) is 15.8. The summed E-state index contributed by atoms with van der Waals surface area (Å²) in [7, 11) is -3.66. The number of carbonyl (C=O) groups is 1. The molecule has 8 nitrogen and oxygen atoms in total. The van der Waals surface area contributed by atoms with Crippen LogP contribution in [0.5, 0.6) is 0 Å². The van der Waals surface area contributed by atoms with Gasteiger partial charge in [-0.1, -0.05) is 36.4 Å². The molecule has 0 radical (unpaired) electrons. The number of likely N-dealkylation sites (tertiary alicyclic amines) is 1. The molecule has 0 atom stereocenters. The predicted octanol–water partition coefficient (Wildman–Crippen LogP) is 4.70. The molecule has 1 fully saturated rings. The molecule has 200 valence electrons. The molecule has 0 spiro atoms. The van der Waals surface area contributed by atoms with Crippen molar-refractivity contribution in [1.29, 1.82) is 0 Å². The Morgan fingerprint density at radius 2 is 1.76 bits per heavy atom. The second-order valence-corrected chi connectivity index (χ2v) is 12.7. The van der Waals surface area contributed by atoms with Gasteiger partial charge in [0.15, 0.2) is 0 Å². The van der Waals surface area contributed by atoms with Gasteiger partial charge < -0.3 is 10.2 Å². The second-order valence-electron chi connectivity index (χ2n) is 11.0. The second kappa shape index (κ2) is 10.5. The van der Waals surface area contributed by atoms with Crippen molar-refractivity contribution < 1.29 is 13.2 Å². The average Bonchev–Trinajstić information content (AvgIpc) is 3.28. The maximum absolute atomic E-state index is 13.0. The molecule has 4 aromatic rings. The third-order valence-corrected chi connectivity index (χ3v) is 8.57. The number of fused-ring (bicyclic) bond motifs is 2. The summed E-state index contributed by atoms with van der Waals surface area (Å²) in [5.74, 6) is 0.346. The predicted molar refractivity (Wildman–Crippen MR) is 151 cm³/mol. The Balaban J connectivity index is 1.21. The number of aromatic nitrogens is 2. The number of piperidine rings is 1. The Kier molecular flexibility index (Phi) is 7.26. The summed E-state index contributed by atoms with van der Waals surface area (Å²) in [4.78, 5) is 19.8. The maximum Gasteiger partial charge on any atom is 0.326 e. The third kappa shape index (κ3) is 5.60. The molecule has 1 aliphatic rings. The van der Waals surface area contributed by atoms with Crippen LogP contribution in [-0.4, -0.2) is 60.6 Å². The smallest absolute Gasteiger partial charge is 0.326 e. The summed E-state index contributed by atoms with van der Waals surface area (Å²) in [6.45, 7) is 8.65. The van der Waals surface area contributed by atoms with Gasteiger partial charge in [0.2, 0.25) is 10.0 Å². The molecule has 38 heavy (non-hydrogen) atoms. The number of nitrogens with zero attached hydrogens (tertiary/aromatic N) is 3. The van der Waals surface area contributed by atoms with Crippen molar-refractivity contribution in [3.8, 4) is 0 Å². The lowest BCUT2D eigenvalue weighted by Crippen LogP contribution is -2.42. The molecular formula is C29H35N5O3S. The molecule has 9 heteroatoms. The van der Waals surface area contributed by atoms with Crippen molar-refractivity contribution in [2.45, 2.75) is 50.0 Å². The zero-order valence-corrected chi connectivity index (χ0v) is 23.0. The minimum absolute atomic E-state index is 0.119. The number of hydrogen-bond acceptors (Lipinski definition) is 5. The van der Waals surface area contributed by atoms with Gasteiger partial charge in [-0.3, -0.25) is 9.55 Å². The van der Waals surface area contributed by atoms with Crippen molar-refractivity contribution in [3.63, 3.8) is 0 Å². The van der Waals surface area contributed by atoms with E-state index < -0.39 is 10.0 Å². The fraction of sp³-hybridized carbons (Fsp3) is 0.379. The van der Waals surface area contributed by atoms with E-state index in [1.165, 1.54) is 5.56 Å². The van der Waals surface area contributed by atoms with E-state index in [1.807, 2.05) is 57.3 Å². The minimum Gasteiger partial charge on any atom is -0.333 e. The highest BCUT2D eigenvalue weighted by Crippen LogP contribution is 2.34. The Morgan fingerprint density at radius 1 is 1.03 bits per heavy atom. The molecule has 1 aliphatic heterocycles. The minimum atomic E-state index is -3.66. The van der Waals surface area contributed by atoms with Crippen LogP contribution in [0.25, 0.3) is 21.8 Å². The van der Waals surface area contributed by atoms with Crippen molar-refractivity contribution in [2.75, 3.05) is 26.2 Å². The number of benzene rings is 2. The standard InChI is InChI=1S/C29H35N5O3S/c1-29(2,3)32-28(35)34-20-24(23-10-4-5-11-25(23)34)21-13-17-33(18-14-21)19-16-31-38(36,37)26-12-6-8-22-9-7-15-30-27(22)26/h4-12,15,20-21,31H,13-14,16-19H2,1-3H3,(H,32,35). The molecule has 1 amide bonds. The zero-order chi connectivity index (χ0) is 26.9. The SMILES string of the molecule is CC(C)(C)NC(=O)n1cc(C2CCN(CCNS(=O)(=O)c3cccc4cccnc34)CC2)c2ccccc21. The van der Waals surface area contributed by atoms with Crippen LogP contribution < -0.4 is 10.0 Å². The number of hydrogen-bond donors (Lipinski definition) is 2. The molecule has 0 unspecified atom stereocenters. The largest absolute Gasteiger partial charge is 0.333 e. The zero-order valence-electron chi connectivity index (χ0n) is 22.1. The first-order valence-electron chi connectivity index (χ1n) is 13.1. The number of para-hydroxylation sites is 2. The van der Waals surface area contributed by atoms with Gasteiger partial charge in [0.05, 0.1) is 11.0 Å². The average molecular weight is 534 g/mol. The Bertz CT molecular complexity index is 1560. The number of sulfonamides is 1. The highest BCUT2D eigenvalue weighted by Gasteiger charge is 2.26. The molecule has 0 saturated carbocycles. The van der Waals surface area contributed by atoms with Crippen LogP contribution in [0.3, 0.4) is 0 Å². The van der Waals surface area contributed by atoms with E-state index >= 15 is 0 Å². The molecule has 5 rings (SSSR count). The third-order valence-electron chi connectivity index (χ3n) is 7.08. The number of nitrogens with one attached hydrogen (secondary N) is 2. The van der Waals surface area contributed by atoms with E-state index in [4.69, 9.17) is 0 Å². The van der Waals surface area contributed by atoms with E-state index in [0.717, 1.165) is 42.2 Å². The lowest BCUT2D eigenvalue weighted by atomic mass is 9.89. The number of carbonyl (C=O) groups excluding carboxylic acids is 1. The fourth-order valence-corrected chi connectivity index (χ4v) is 6.46. The molecule has 2 aromatic carbocycles. The van der Waals surface area contributed by atoms with Crippen molar-refractivity contribution in [1.82, 2.24) is 24.5 Å². The van der Waals surface area contributed by atoms with Crippen LogP contribution >= 0.6 is 0 Å². The van der Waals surface area contributed by atoms with Crippen LogP contribution in [0.15, 0.2) is 71.9 Å². The Morgan fingerprint density at radius 3 is 2.53 bits per heavy atom. The molecule has 2 aromatic heterocycles. The van der Waals surface area contributed by atoms with Crippen molar-refractivity contribution in [2.24, 2.45) is 0 Å². The first-order valence-corrected chi connectivity index (χ1v) is 14.6. The van der Waals surface area contributed by atoms with Gasteiger partial charge in [-0.2, -0.15) is 0 Å². The molecular weight excluding hydrogens is 498 g/mol. The first-order chi connectivity index (χ1) is 18.1. The summed E-state index contributed by atoms with van der Waals surface area (Å²) in [6, 6.07) is 16.8. The van der Waals surface area contributed by atoms with Gasteiger partial charge in [0.25, 0.3) is 0 Å². The van der Waals surface area contributed by atoms with Crippen LogP contribution in [0.2, 0.25) is 0 Å².